The standard InChI is InChI=1S/C12H18N4O2S2/c1-3-5-9(10-6-4-7-19-10)15-20(17,18)12-11(13)14-8-16(12)2/h4,6-9,15H,3,5,13H2,1-2H3. The third-order valence-corrected chi connectivity index (χ3v) is 5.51. The van der Waals surface area contributed by atoms with Crippen LogP contribution in [0.4, 0.5) is 5.82 Å². The van der Waals surface area contributed by atoms with Crippen molar-refractivity contribution < 1.29 is 8.42 Å². The largest absolute Gasteiger partial charge is 0.381 e. The minimum Gasteiger partial charge on any atom is -0.381 e. The normalized spacial score (nSPS) is 13.5. The van der Waals surface area contributed by atoms with Crippen molar-refractivity contribution in [2.75, 3.05) is 5.73 Å². The maximum Gasteiger partial charge on any atom is 0.260 e. The Hall–Kier alpha value is -1.38. The van der Waals surface area contributed by atoms with Crippen LogP contribution in [0.1, 0.15) is 30.7 Å². The predicted molar refractivity (Wildman–Crippen MR) is 79.9 cm³/mol. The van der Waals surface area contributed by atoms with Crippen LogP contribution in [-0.4, -0.2) is 18.0 Å². The van der Waals surface area contributed by atoms with Gasteiger partial charge in [-0.3, -0.25) is 0 Å². The van der Waals surface area contributed by atoms with Gasteiger partial charge in [-0.1, -0.05) is 19.4 Å². The molecule has 0 aliphatic heterocycles. The molecule has 0 bridgehead atoms. The Labute approximate surface area is 122 Å². The molecule has 110 valence electrons. The Bertz CT molecular complexity index is 642. The summed E-state index contributed by atoms with van der Waals surface area (Å²) in [7, 11) is -2.08. The number of hydrogen-bond donors (Lipinski definition) is 2. The lowest BCUT2D eigenvalue weighted by Gasteiger charge is -2.17. The molecule has 0 saturated heterocycles. The van der Waals surface area contributed by atoms with Crippen LogP contribution in [-0.2, 0) is 17.1 Å². The highest BCUT2D eigenvalue weighted by Gasteiger charge is 2.26. The summed E-state index contributed by atoms with van der Waals surface area (Å²) in [6.45, 7) is 2.02. The average Bonchev–Trinajstić information content (AvgIpc) is 2.98. The third-order valence-electron chi connectivity index (χ3n) is 2.93. The molecule has 0 aliphatic rings. The molecule has 6 nitrogen and oxygen atoms in total. The lowest BCUT2D eigenvalue weighted by atomic mass is 10.1. The van der Waals surface area contributed by atoms with E-state index in [-0.39, 0.29) is 16.9 Å². The SMILES string of the molecule is CCCC(NS(=O)(=O)c1c(N)ncn1C)c1cccs1. The van der Waals surface area contributed by atoms with Gasteiger partial charge >= 0.3 is 0 Å². The van der Waals surface area contributed by atoms with Gasteiger partial charge in [-0.05, 0) is 17.9 Å². The van der Waals surface area contributed by atoms with Crippen LogP contribution in [0.2, 0.25) is 0 Å². The number of hydrogen-bond acceptors (Lipinski definition) is 5. The molecule has 2 rings (SSSR count). The van der Waals surface area contributed by atoms with E-state index in [1.165, 1.54) is 22.2 Å². The first kappa shape index (κ1) is 15.0. The van der Waals surface area contributed by atoms with E-state index in [0.29, 0.717) is 0 Å². The lowest BCUT2D eigenvalue weighted by Crippen LogP contribution is -2.30. The van der Waals surface area contributed by atoms with E-state index >= 15 is 0 Å². The summed E-state index contributed by atoms with van der Waals surface area (Å²) in [5.74, 6) is 0.0152. The molecule has 2 aromatic heterocycles. The number of aromatic nitrogens is 2. The number of thiophene rings is 1. The van der Waals surface area contributed by atoms with E-state index in [2.05, 4.69) is 9.71 Å². The highest BCUT2D eigenvalue weighted by Crippen LogP contribution is 2.26. The molecule has 0 aromatic carbocycles. The molecule has 0 fully saturated rings. The molecule has 0 radical (unpaired) electrons. The summed E-state index contributed by atoms with van der Waals surface area (Å²) in [6, 6.07) is 3.61. The lowest BCUT2D eigenvalue weighted by molar-refractivity contribution is 0.533. The van der Waals surface area contributed by atoms with Crippen LogP contribution in [0, 0.1) is 0 Å². The fourth-order valence-corrected chi connectivity index (χ4v) is 4.42. The molecule has 2 heterocycles. The summed E-state index contributed by atoms with van der Waals surface area (Å²) < 4.78 is 29.1. The minimum atomic E-state index is -3.69. The molecule has 8 heteroatoms. The predicted octanol–water partition coefficient (Wildman–Crippen LogP) is 1.88. The Balaban J connectivity index is 2.31. The highest BCUT2D eigenvalue weighted by molar-refractivity contribution is 7.89. The number of nitrogens with one attached hydrogen (secondary N) is 1. The van der Waals surface area contributed by atoms with Gasteiger partial charge in [0.15, 0.2) is 10.8 Å². The van der Waals surface area contributed by atoms with Crippen LogP contribution in [0.15, 0.2) is 28.9 Å². The van der Waals surface area contributed by atoms with E-state index in [9.17, 15) is 8.42 Å². The fraction of sp³-hybridized carbons (Fsp3) is 0.417. The van der Waals surface area contributed by atoms with Crippen molar-refractivity contribution in [2.45, 2.75) is 30.8 Å². The van der Waals surface area contributed by atoms with Crippen LogP contribution < -0.4 is 10.5 Å². The van der Waals surface area contributed by atoms with Gasteiger partial charge in [-0.15, -0.1) is 11.3 Å². The first-order valence-electron chi connectivity index (χ1n) is 6.28. The van der Waals surface area contributed by atoms with E-state index in [1.807, 2.05) is 24.4 Å². The molecule has 2 aromatic rings. The molecular formula is C12H18N4O2S2. The molecule has 0 aliphatic carbocycles. The monoisotopic (exact) mass is 314 g/mol. The van der Waals surface area contributed by atoms with Crippen LogP contribution >= 0.6 is 11.3 Å². The number of aryl methyl sites for hydroxylation is 1. The van der Waals surface area contributed by atoms with Gasteiger partial charge in [0.25, 0.3) is 10.0 Å². The number of sulfonamides is 1. The fourth-order valence-electron chi connectivity index (χ4n) is 2.04. The quantitative estimate of drug-likeness (QED) is 0.852. The topological polar surface area (TPSA) is 90.0 Å². The van der Waals surface area contributed by atoms with E-state index in [1.54, 1.807) is 7.05 Å². The van der Waals surface area contributed by atoms with E-state index in [4.69, 9.17) is 5.73 Å². The zero-order chi connectivity index (χ0) is 14.8. The average molecular weight is 314 g/mol. The van der Waals surface area contributed by atoms with Gasteiger partial charge in [0.05, 0.1) is 12.4 Å². The van der Waals surface area contributed by atoms with Crippen molar-refractivity contribution in [1.82, 2.24) is 14.3 Å². The van der Waals surface area contributed by atoms with Crippen LogP contribution in [0.25, 0.3) is 0 Å². The zero-order valence-electron chi connectivity index (χ0n) is 11.4. The van der Waals surface area contributed by atoms with Crippen molar-refractivity contribution >= 4 is 27.2 Å². The summed E-state index contributed by atoms with van der Waals surface area (Å²) in [6.07, 6.45) is 3.01. The summed E-state index contributed by atoms with van der Waals surface area (Å²) in [5.41, 5.74) is 5.65. The van der Waals surface area contributed by atoms with Gasteiger partial charge in [-0.2, -0.15) is 0 Å². The number of imidazole rings is 1. The first-order chi connectivity index (χ1) is 9.45. The Morgan fingerprint density at radius 1 is 1.55 bits per heavy atom. The van der Waals surface area contributed by atoms with Crippen LogP contribution in [0.5, 0.6) is 0 Å². The Morgan fingerprint density at radius 3 is 2.80 bits per heavy atom. The molecule has 0 saturated carbocycles. The first-order valence-corrected chi connectivity index (χ1v) is 8.64. The maximum atomic E-state index is 12.5. The molecule has 0 amide bonds. The van der Waals surface area contributed by atoms with Gasteiger partial charge in [-0.25, -0.2) is 18.1 Å². The molecule has 3 N–H and O–H groups in total. The van der Waals surface area contributed by atoms with Gasteiger partial charge in [0, 0.05) is 11.9 Å². The number of nitrogen functional groups attached to an aromatic ring is 1. The maximum absolute atomic E-state index is 12.5. The van der Waals surface area contributed by atoms with Crippen molar-refractivity contribution in [3.63, 3.8) is 0 Å². The molecule has 0 spiro atoms. The number of nitrogens with two attached hydrogens (primary N) is 1. The number of nitrogens with zero attached hydrogens (tertiary/aromatic N) is 2. The van der Waals surface area contributed by atoms with E-state index in [0.717, 1.165) is 17.7 Å². The second kappa shape index (κ2) is 5.94. The highest BCUT2D eigenvalue weighted by atomic mass is 32.2. The summed E-state index contributed by atoms with van der Waals surface area (Å²) in [4.78, 5) is 4.82. The van der Waals surface area contributed by atoms with Crippen LogP contribution in [0.3, 0.4) is 0 Å². The second-order valence-corrected chi connectivity index (χ2v) is 7.13. The van der Waals surface area contributed by atoms with E-state index < -0.39 is 10.0 Å². The van der Waals surface area contributed by atoms with Gasteiger partial charge in [0.2, 0.25) is 0 Å². The smallest absolute Gasteiger partial charge is 0.260 e. The minimum absolute atomic E-state index is 0.00941. The van der Waals surface area contributed by atoms with Crippen molar-refractivity contribution in [3.05, 3.63) is 28.7 Å². The number of rotatable bonds is 6. The summed E-state index contributed by atoms with van der Waals surface area (Å²) >= 11 is 1.54. The molecule has 20 heavy (non-hydrogen) atoms. The third kappa shape index (κ3) is 3.02. The van der Waals surface area contributed by atoms with Gasteiger partial charge in [0.1, 0.15) is 0 Å². The van der Waals surface area contributed by atoms with Crippen molar-refractivity contribution in [2.24, 2.45) is 7.05 Å². The molecule has 1 atom stereocenters. The van der Waals surface area contributed by atoms with Gasteiger partial charge < -0.3 is 10.3 Å². The molecule has 1 unspecified atom stereocenters. The summed E-state index contributed by atoms with van der Waals surface area (Å²) in [5, 5.41) is 1.94. The zero-order valence-corrected chi connectivity index (χ0v) is 13.0. The second-order valence-electron chi connectivity index (χ2n) is 4.52. The van der Waals surface area contributed by atoms with Crippen molar-refractivity contribution in [1.29, 1.82) is 0 Å². The van der Waals surface area contributed by atoms with Crippen molar-refractivity contribution in [3.8, 4) is 0 Å². The Morgan fingerprint density at radius 2 is 2.30 bits per heavy atom. The molecular weight excluding hydrogens is 296 g/mol. The number of anilines is 1. The Kier molecular flexibility index (Phi) is 4.46.